The Bertz CT molecular complexity index is 233. The molecule has 0 aromatic heterocycles. The second kappa shape index (κ2) is 5.82. The van der Waals surface area contributed by atoms with Gasteiger partial charge in [0.25, 0.3) is 5.91 Å². The molecule has 0 spiro atoms. The maximum atomic E-state index is 11.5. The number of carbonyl (C=O) groups excluding carboxylic acids is 2. The van der Waals surface area contributed by atoms with Gasteiger partial charge in [-0.15, -0.1) is 0 Å². The van der Waals surface area contributed by atoms with E-state index >= 15 is 0 Å². The number of hydrogen-bond donors (Lipinski definition) is 2. The third-order valence-electron chi connectivity index (χ3n) is 2.80. The molecule has 1 aliphatic rings. The average molecular weight is 213 g/mol. The number of rotatable bonds is 4. The number of Topliss-reactive ketones (excluding diaryl/α,β-unsaturated/α-hetero) is 1. The van der Waals surface area contributed by atoms with Crippen LogP contribution in [0, 0.1) is 0 Å². The molecule has 0 bridgehead atoms. The Hall–Kier alpha value is -0.940. The SMILES string of the molecule is CCCC(C(=O)NN)N1CCC(=O)CC1. The third-order valence-corrected chi connectivity index (χ3v) is 2.80. The first kappa shape index (κ1) is 12.1. The van der Waals surface area contributed by atoms with E-state index in [4.69, 9.17) is 5.84 Å². The molecule has 0 aliphatic carbocycles. The number of ketones is 1. The van der Waals surface area contributed by atoms with Crippen molar-refractivity contribution in [2.75, 3.05) is 13.1 Å². The quantitative estimate of drug-likeness (QED) is 0.385. The molecule has 1 amide bonds. The van der Waals surface area contributed by atoms with Crippen molar-refractivity contribution in [1.29, 1.82) is 0 Å². The molecule has 0 aromatic carbocycles. The number of nitrogens with two attached hydrogens (primary N) is 1. The summed E-state index contributed by atoms with van der Waals surface area (Å²) in [7, 11) is 0. The molecule has 1 aliphatic heterocycles. The molecule has 5 nitrogen and oxygen atoms in total. The van der Waals surface area contributed by atoms with Gasteiger partial charge in [-0.1, -0.05) is 13.3 Å². The van der Waals surface area contributed by atoms with E-state index < -0.39 is 0 Å². The predicted octanol–water partition coefficient (Wildman–Crippen LogP) is -0.190. The number of amides is 1. The minimum Gasteiger partial charge on any atom is -0.300 e. The third kappa shape index (κ3) is 3.28. The van der Waals surface area contributed by atoms with Crippen LogP contribution < -0.4 is 11.3 Å². The van der Waals surface area contributed by atoms with Crippen LogP contribution in [0.25, 0.3) is 0 Å². The minimum atomic E-state index is -0.173. The van der Waals surface area contributed by atoms with E-state index in [1.807, 2.05) is 11.8 Å². The van der Waals surface area contributed by atoms with Gasteiger partial charge in [-0.25, -0.2) is 5.84 Å². The monoisotopic (exact) mass is 213 g/mol. The van der Waals surface area contributed by atoms with E-state index in [2.05, 4.69) is 5.43 Å². The van der Waals surface area contributed by atoms with Crippen molar-refractivity contribution in [1.82, 2.24) is 10.3 Å². The molecular weight excluding hydrogens is 194 g/mol. The summed E-state index contributed by atoms with van der Waals surface area (Å²) in [5, 5.41) is 0. The van der Waals surface area contributed by atoms with Gasteiger partial charge in [0, 0.05) is 25.9 Å². The van der Waals surface area contributed by atoms with Crippen LogP contribution in [-0.4, -0.2) is 35.7 Å². The number of piperidine rings is 1. The lowest BCUT2D eigenvalue weighted by Crippen LogP contribution is -2.51. The van der Waals surface area contributed by atoms with Gasteiger partial charge < -0.3 is 0 Å². The van der Waals surface area contributed by atoms with Crippen molar-refractivity contribution in [3.05, 3.63) is 0 Å². The summed E-state index contributed by atoms with van der Waals surface area (Å²) in [5.41, 5.74) is 2.19. The molecule has 1 atom stereocenters. The Morgan fingerprint density at radius 1 is 1.53 bits per heavy atom. The predicted molar refractivity (Wildman–Crippen MR) is 56.8 cm³/mol. The fraction of sp³-hybridized carbons (Fsp3) is 0.800. The summed E-state index contributed by atoms with van der Waals surface area (Å²) in [6, 6.07) is -0.173. The van der Waals surface area contributed by atoms with Crippen molar-refractivity contribution in [3.63, 3.8) is 0 Å². The maximum Gasteiger partial charge on any atom is 0.251 e. The Morgan fingerprint density at radius 3 is 2.60 bits per heavy atom. The zero-order chi connectivity index (χ0) is 11.3. The van der Waals surface area contributed by atoms with E-state index in [0.29, 0.717) is 25.9 Å². The summed E-state index contributed by atoms with van der Waals surface area (Å²) in [4.78, 5) is 24.6. The molecule has 1 heterocycles. The maximum absolute atomic E-state index is 11.5. The van der Waals surface area contributed by atoms with Crippen LogP contribution in [0.5, 0.6) is 0 Å². The van der Waals surface area contributed by atoms with Crippen LogP contribution >= 0.6 is 0 Å². The molecule has 5 heteroatoms. The molecule has 1 rings (SSSR count). The number of nitrogens with one attached hydrogen (secondary N) is 1. The van der Waals surface area contributed by atoms with Crippen molar-refractivity contribution < 1.29 is 9.59 Å². The van der Waals surface area contributed by atoms with E-state index in [0.717, 1.165) is 12.8 Å². The topological polar surface area (TPSA) is 75.4 Å². The van der Waals surface area contributed by atoms with Crippen molar-refractivity contribution in [2.24, 2.45) is 5.84 Å². The summed E-state index contributed by atoms with van der Waals surface area (Å²) in [5.74, 6) is 5.28. The molecule has 1 saturated heterocycles. The molecule has 1 unspecified atom stereocenters. The van der Waals surface area contributed by atoms with Gasteiger partial charge in [-0.2, -0.15) is 0 Å². The highest BCUT2D eigenvalue weighted by molar-refractivity contribution is 5.82. The van der Waals surface area contributed by atoms with E-state index in [1.54, 1.807) is 0 Å². The number of likely N-dealkylation sites (tertiary alicyclic amines) is 1. The Balaban J connectivity index is 2.55. The largest absolute Gasteiger partial charge is 0.300 e. The molecule has 15 heavy (non-hydrogen) atoms. The molecule has 3 N–H and O–H groups in total. The Morgan fingerprint density at radius 2 is 2.13 bits per heavy atom. The molecule has 0 aromatic rings. The number of carbonyl (C=O) groups is 2. The highest BCUT2D eigenvalue weighted by atomic mass is 16.2. The van der Waals surface area contributed by atoms with Crippen LogP contribution in [0.4, 0.5) is 0 Å². The van der Waals surface area contributed by atoms with Gasteiger partial charge in [0.05, 0.1) is 6.04 Å². The average Bonchev–Trinajstić information content (AvgIpc) is 2.26. The van der Waals surface area contributed by atoms with Crippen molar-refractivity contribution in [3.8, 4) is 0 Å². The van der Waals surface area contributed by atoms with E-state index in [-0.39, 0.29) is 17.7 Å². The summed E-state index contributed by atoms with van der Waals surface area (Å²) in [6.07, 6.45) is 2.83. The normalized spacial score (nSPS) is 20.0. The zero-order valence-electron chi connectivity index (χ0n) is 9.16. The second-order valence-corrected chi connectivity index (χ2v) is 3.89. The van der Waals surface area contributed by atoms with Gasteiger partial charge >= 0.3 is 0 Å². The molecule has 0 saturated carbocycles. The van der Waals surface area contributed by atoms with Gasteiger partial charge in [0.2, 0.25) is 0 Å². The van der Waals surface area contributed by atoms with Crippen LogP contribution in [-0.2, 0) is 9.59 Å². The second-order valence-electron chi connectivity index (χ2n) is 3.89. The van der Waals surface area contributed by atoms with Crippen molar-refractivity contribution in [2.45, 2.75) is 38.6 Å². The van der Waals surface area contributed by atoms with Crippen molar-refractivity contribution >= 4 is 11.7 Å². The summed E-state index contributed by atoms with van der Waals surface area (Å²) in [6.45, 7) is 3.39. The number of hydrogen-bond acceptors (Lipinski definition) is 4. The smallest absolute Gasteiger partial charge is 0.251 e. The fourth-order valence-corrected chi connectivity index (χ4v) is 1.93. The van der Waals surface area contributed by atoms with Gasteiger partial charge in [-0.05, 0) is 6.42 Å². The van der Waals surface area contributed by atoms with Gasteiger partial charge in [0.15, 0.2) is 0 Å². The molecule has 86 valence electrons. The highest BCUT2D eigenvalue weighted by Gasteiger charge is 2.27. The van der Waals surface area contributed by atoms with Gasteiger partial charge in [-0.3, -0.25) is 19.9 Å². The zero-order valence-corrected chi connectivity index (χ0v) is 9.16. The first-order valence-corrected chi connectivity index (χ1v) is 5.45. The van der Waals surface area contributed by atoms with E-state index in [9.17, 15) is 9.59 Å². The van der Waals surface area contributed by atoms with Gasteiger partial charge in [0.1, 0.15) is 5.78 Å². The Labute approximate surface area is 90.0 Å². The lowest BCUT2D eigenvalue weighted by atomic mass is 10.0. The van der Waals surface area contributed by atoms with Crippen LogP contribution in [0.3, 0.4) is 0 Å². The lowest BCUT2D eigenvalue weighted by Gasteiger charge is -2.32. The fourth-order valence-electron chi connectivity index (χ4n) is 1.93. The lowest BCUT2D eigenvalue weighted by molar-refractivity contribution is -0.130. The molecular formula is C10H19N3O2. The summed E-state index contributed by atoms with van der Waals surface area (Å²) < 4.78 is 0. The number of hydrazine groups is 1. The molecule has 0 radical (unpaired) electrons. The minimum absolute atomic E-state index is 0.147. The van der Waals surface area contributed by atoms with Crippen LogP contribution in [0.1, 0.15) is 32.6 Å². The molecule has 1 fully saturated rings. The van der Waals surface area contributed by atoms with Crippen LogP contribution in [0.15, 0.2) is 0 Å². The number of nitrogens with zero attached hydrogens (tertiary/aromatic N) is 1. The van der Waals surface area contributed by atoms with E-state index in [1.165, 1.54) is 0 Å². The highest BCUT2D eigenvalue weighted by Crippen LogP contribution is 2.13. The Kier molecular flexibility index (Phi) is 4.71. The first-order chi connectivity index (χ1) is 7.19. The van der Waals surface area contributed by atoms with Crippen LogP contribution in [0.2, 0.25) is 0 Å². The standard InChI is InChI=1S/C10H19N3O2/c1-2-3-9(10(15)12-11)13-6-4-8(14)5-7-13/h9H,2-7,11H2,1H3,(H,12,15). The summed E-state index contributed by atoms with van der Waals surface area (Å²) >= 11 is 0. The first-order valence-electron chi connectivity index (χ1n) is 5.45.